The number of hydrogen-bond donors (Lipinski definition) is 1. The zero-order valence-corrected chi connectivity index (χ0v) is 10.9. The standard InChI is InChI=1S/C14H19N3O/c1-3-4-5-6-13-16-12-8-7-10(2)9-11(12)14(18)17(13)15/h7-9H,3-6,15H2,1-2H3. The molecule has 96 valence electrons. The van der Waals surface area contributed by atoms with Crippen LogP contribution >= 0.6 is 0 Å². The smallest absolute Gasteiger partial charge is 0.279 e. The maximum absolute atomic E-state index is 12.1. The Bertz CT molecular complexity index is 616. The Hall–Kier alpha value is -1.84. The van der Waals surface area contributed by atoms with Crippen LogP contribution in [0.4, 0.5) is 0 Å². The summed E-state index contributed by atoms with van der Waals surface area (Å²) < 4.78 is 1.19. The Kier molecular flexibility index (Phi) is 3.65. The van der Waals surface area contributed by atoms with Crippen LogP contribution in [0.15, 0.2) is 23.0 Å². The minimum atomic E-state index is -0.157. The van der Waals surface area contributed by atoms with E-state index < -0.39 is 0 Å². The quantitative estimate of drug-likeness (QED) is 0.663. The molecule has 0 saturated carbocycles. The van der Waals surface area contributed by atoms with Crippen molar-refractivity contribution in [3.63, 3.8) is 0 Å². The van der Waals surface area contributed by atoms with Crippen LogP contribution in [0.1, 0.15) is 37.6 Å². The van der Waals surface area contributed by atoms with Gasteiger partial charge in [-0.05, 0) is 25.5 Å². The molecule has 4 nitrogen and oxygen atoms in total. The van der Waals surface area contributed by atoms with E-state index in [0.717, 1.165) is 36.8 Å². The first-order valence-electron chi connectivity index (χ1n) is 6.41. The minimum Gasteiger partial charge on any atom is -0.335 e. The van der Waals surface area contributed by atoms with E-state index in [0.29, 0.717) is 11.2 Å². The highest BCUT2D eigenvalue weighted by molar-refractivity contribution is 5.78. The lowest BCUT2D eigenvalue weighted by Gasteiger charge is -2.08. The molecule has 2 N–H and O–H groups in total. The number of aromatic nitrogens is 2. The van der Waals surface area contributed by atoms with Crippen molar-refractivity contribution in [2.45, 2.75) is 39.5 Å². The van der Waals surface area contributed by atoms with Crippen molar-refractivity contribution < 1.29 is 0 Å². The molecule has 0 aliphatic carbocycles. The van der Waals surface area contributed by atoms with Crippen LogP contribution in [0, 0.1) is 6.92 Å². The highest BCUT2D eigenvalue weighted by Crippen LogP contribution is 2.11. The molecule has 0 fully saturated rings. The number of nitrogens with two attached hydrogens (primary N) is 1. The Morgan fingerprint density at radius 1 is 1.33 bits per heavy atom. The molecule has 0 spiro atoms. The first-order chi connectivity index (χ1) is 8.63. The fourth-order valence-electron chi connectivity index (χ4n) is 2.07. The summed E-state index contributed by atoms with van der Waals surface area (Å²) in [5, 5.41) is 0.594. The summed E-state index contributed by atoms with van der Waals surface area (Å²) in [5.41, 5.74) is 1.62. The SMILES string of the molecule is CCCCCc1nc2ccc(C)cc2c(=O)n1N. The fraction of sp³-hybridized carbons (Fsp3) is 0.429. The Morgan fingerprint density at radius 2 is 2.11 bits per heavy atom. The van der Waals surface area contributed by atoms with Crippen LogP contribution in [0.3, 0.4) is 0 Å². The molecule has 0 bridgehead atoms. The predicted octanol–water partition coefficient (Wildman–Crippen LogP) is 2.15. The van der Waals surface area contributed by atoms with Crippen molar-refractivity contribution >= 4 is 10.9 Å². The van der Waals surface area contributed by atoms with Gasteiger partial charge in [0.1, 0.15) is 5.82 Å². The summed E-state index contributed by atoms with van der Waals surface area (Å²) >= 11 is 0. The normalized spacial score (nSPS) is 11.0. The van der Waals surface area contributed by atoms with Gasteiger partial charge in [0, 0.05) is 6.42 Å². The largest absolute Gasteiger partial charge is 0.335 e. The molecule has 4 heteroatoms. The average Bonchev–Trinajstić information content (AvgIpc) is 2.36. The monoisotopic (exact) mass is 245 g/mol. The molecule has 1 aromatic heterocycles. The van der Waals surface area contributed by atoms with Crippen LogP contribution in [0.2, 0.25) is 0 Å². The number of nitrogen functional groups attached to an aromatic ring is 1. The average molecular weight is 245 g/mol. The van der Waals surface area contributed by atoms with Crippen LogP contribution in [0.25, 0.3) is 10.9 Å². The van der Waals surface area contributed by atoms with Gasteiger partial charge in [0.25, 0.3) is 5.56 Å². The van der Waals surface area contributed by atoms with E-state index >= 15 is 0 Å². The van der Waals surface area contributed by atoms with Gasteiger partial charge < -0.3 is 5.84 Å². The predicted molar refractivity (Wildman–Crippen MR) is 74.1 cm³/mol. The Balaban J connectivity index is 2.47. The molecule has 0 aliphatic rings. The molecule has 1 heterocycles. The number of unbranched alkanes of at least 4 members (excludes halogenated alkanes) is 2. The maximum atomic E-state index is 12.1. The number of benzene rings is 1. The lowest BCUT2D eigenvalue weighted by atomic mass is 10.1. The third kappa shape index (κ3) is 2.37. The van der Waals surface area contributed by atoms with Crippen LogP contribution in [-0.2, 0) is 6.42 Å². The first-order valence-corrected chi connectivity index (χ1v) is 6.41. The van der Waals surface area contributed by atoms with Gasteiger partial charge in [0.05, 0.1) is 10.9 Å². The summed E-state index contributed by atoms with van der Waals surface area (Å²) in [6.45, 7) is 4.10. The summed E-state index contributed by atoms with van der Waals surface area (Å²) in [6, 6.07) is 5.69. The van der Waals surface area contributed by atoms with Gasteiger partial charge in [0.15, 0.2) is 0 Å². The lowest BCUT2D eigenvalue weighted by molar-refractivity contribution is 0.668. The molecular formula is C14H19N3O. The second-order valence-electron chi connectivity index (χ2n) is 4.68. The number of hydrogen-bond acceptors (Lipinski definition) is 3. The van der Waals surface area contributed by atoms with Gasteiger partial charge in [-0.25, -0.2) is 9.66 Å². The van der Waals surface area contributed by atoms with E-state index in [1.54, 1.807) is 0 Å². The number of fused-ring (bicyclic) bond motifs is 1. The molecule has 0 atom stereocenters. The molecule has 0 aliphatic heterocycles. The van der Waals surface area contributed by atoms with E-state index in [9.17, 15) is 4.79 Å². The molecule has 2 aromatic rings. The summed E-state index contributed by atoms with van der Waals surface area (Å²) in [7, 11) is 0. The molecule has 0 radical (unpaired) electrons. The fourth-order valence-corrected chi connectivity index (χ4v) is 2.07. The van der Waals surface area contributed by atoms with E-state index in [-0.39, 0.29) is 5.56 Å². The molecule has 2 rings (SSSR count). The molecule has 18 heavy (non-hydrogen) atoms. The number of nitrogens with zero attached hydrogens (tertiary/aromatic N) is 2. The van der Waals surface area contributed by atoms with Crippen molar-refractivity contribution in [3.05, 3.63) is 39.9 Å². The van der Waals surface area contributed by atoms with Gasteiger partial charge >= 0.3 is 0 Å². The number of rotatable bonds is 4. The van der Waals surface area contributed by atoms with E-state index in [1.807, 2.05) is 25.1 Å². The lowest BCUT2D eigenvalue weighted by Crippen LogP contribution is -2.31. The van der Waals surface area contributed by atoms with Crippen LogP contribution < -0.4 is 11.4 Å². The third-order valence-electron chi connectivity index (χ3n) is 3.13. The minimum absolute atomic E-state index is 0.157. The van der Waals surface area contributed by atoms with Gasteiger partial charge in [0.2, 0.25) is 0 Å². The van der Waals surface area contributed by atoms with Crippen LogP contribution in [0.5, 0.6) is 0 Å². The molecule has 0 saturated heterocycles. The van der Waals surface area contributed by atoms with E-state index in [1.165, 1.54) is 4.68 Å². The van der Waals surface area contributed by atoms with Crippen molar-refractivity contribution in [2.75, 3.05) is 5.84 Å². The summed E-state index contributed by atoms with van der Waals surface area (Å²) in [4.78, 5) is 16.6. The molecule has 0 amide bonds. The van der Waals surface area contributed by atoms with Crippen molar-refractivity contribution in [2.24, 2.45) is 0 Å². The zero-order valence-electron chi connectivity index (χ0n) is 10.9. The van der Waals surface area contributed by atoms with Crippen molar-refractivity contribution in [1.29, 1.82) is 0 Å². The third-order valence-corrected chi connectivity index (χ3v) is 3.13. The van der Waals surface area contributed by atoms with Crippen molar-refractivity contribution in [3.8, 4) is 0 Å². The van der Waals surface area contributed by atoms with Gasteiger partial charge in [-0.3, -0.25) is 4.79 Å². The first kappa shape index (κ1) is 12.6. The maximum Gasteiger partial charge on any atom is 0.279 e. The van der Waals surface area contributed by atoms with Crippen molar-refractivity contribution in [1.82, 2.24) is 9.66 Å². The topological polar surface area (TPSA) is 60.9 Å². The highest BCUT2D eigenvalue weighted by atomic mass is 16.1. The van der Waals surface area contributed by atoms with E-state index in [2.05, 4.69) is 11.9 Å². The zero-order chi connectivity index (χ0) is 13.1. The highest BCUT2D eigenvalue weighted by Gasteiger charge is 2.08. The summed E-state index contributed by atoms with van der Waals surface area (Å²) in [5.74, 6) is 6.49. The van der Waals surface area contributed by atoms with Gasteiger partial charge in [-0.1, -0.05) is 31.4 Å². The Labute approximate surface area is 106 Å². The van der Waals surface area contributed by atoms with Crippen LogP contribution in [-0.4, -0.2) is 9.66 Å². The molecule has 0 unspecified atom stereocenters. The second-order valence-corrected chi connectivity index (χ2v) is 4.68. The Morgan fingerprint density at radius 3 is 2.83 bits per heavy atom. The summed E-state index contributed by atoms with van der Waals surface area (Å²) in [6.07, 6.45) is 4.03. The van der Waals surface area contributed by atoms with Gasteiger partial charge in [-0.2, -0.15) is 0 Å². The molecule has 1 aromatic carbocycles. The molecular weight excluding hydrogens is 226 g/mol. The second kappa shape index (κ2) is 5.21. The number of aryl methyl sites for hydroxylation is 2. The van der Waals surface area contributed by atoms with Gasteiger partial charge in [-0.15, -0.1) is 0 Å². The van der Waals surface area contributed by atoms with E-state index in [4.69, 9.17) is 5.84 Å².